The van der Waals surface area contributed by atoms with E-state index in [0.717, 1.165) is 12.1 Å². The van der Waals surface area contributed by atoms with E-state index in [-0.39, 0.29) is 41.8 Å². The molecule has 1 aliphatic carbocycles. The second kappa shape index (κ2) is 8.04. The fraction of sp³-hybridized carbons (Fsp3) is 0.381. The van der Waals surface area contributed by atoms with Gasteiger partial charge in [0.25, 0.3) is 0 Å². The van der Waals surface area contributed by atoms with Gasteiger partial charge in [-0.05, 0) is 43.2 Å². The van der Waals surface area contributed by atoms with Crippen LogP contribution in [-0.4, -0.2) is 29.9 Å². The minimum atomic E-state index is -9.89. The number of pyridine rings is 1. The number of alkyl halides is 2. The van der Waals surface area contributed by atoms with Crippen LogP contribution >= 0.6 is 10.2 Å². The van der Waals surface area contributed by atoms with Crippen molar-refractivity contribution in [3.05, 3.63) is 53.9 Å². The van der Waals surface area contributed by atoms with E-state index in [9.17, 15) is 38.3 Å². The predicted molar refractivity (Wildman–Crippen MR) is 113 cm³/mol. The lowest BCUT2D eigenvalue weighted by Crippen LogP contribution is -2.46. The van der Waals surface area contributed by atoms with Gasteiger partial charge in [0, 0.05) is 49.6 Å². The van der Waals surface area contributed by atoms with E-state index in [1.165, 1.54) is 30.4 Å². The Morgan fingerprint density at radius 3 is 2.26 bits per heavy atom. The Hall–Kier alpha value is -3.01. The number of aromatic nitrogens is 1. The Balaban J connectivity index is 1.94. The molecular weight excluding hydrogens is 489 g/mol. The molecule has 1 heterocycles. The van der Waals surface area contributed by atoms with Crippen molar-refractivity contribution in [2.45, 2.75) is 48.6 Å². The summed E-state index contributed by atoms with van der Waals surface area (Å²) in [7, 11) is -8.55. The van der Waals surface area contributed by atoms with Gasteiger partial charge in [0.15, 0.2) is 0 Å². The number of rotatable bonds is 6. The molecule has 1 N–H and O–H groups in total. The SMILES string of the molecule is CN(c1ccc(S(F)(F)(F)(F)F)cc1)C(C(=O)NC1CCC(F)(F)CC1)c1cnccc1C#N. The van der Waals surface area contributed by atoms with Crippen LogP contribution in [0.5, 0.6) is 0 Å². The number of anilines is 1. The topological polar surface area (TPSA) is 69.0 Å². The summed E-state index contributed by atoms with van der Waals surface area (Å²) in [6.45, 7) is 0. The third-order valence-electron chi connectivity index (χ3n) is 5.66. The van der Waals surface area contributed by atoms with Gasteiger partial charge in [0.2, 0.25) is 11.8 Å². The molecule has 1 aromatic heterocycles. The summed E-state index contributed by atoms with van der Waals surface area (Å²) >= 11 is 0. The monoisotopic (exact) mass is 510 g/mol. The van der Waals surface area contributed by atoms with E-state index < -0.39 is 51.9 Å². The number of nitrogens with zero attached hydrogens (tertiary/aromatic N) is 3. The number of likely N-dealkylation sites (N-methyl/N-ethyl adjacent to an activating group) is 1. The van der Waals surface area contributed by atoms with Crippen LogP contribution in [0.2, 0.25) is 0 Å². The van der Waals surface area contributed by atoms with Crippen LogP contribution in [0.4, 0.5) is 33.9 Å². The number of nitriles is 1. The number of amides is 1. The standard InChI is InChI=1S/C21H21F7N4OS/c1-32(16-2-4-17(5-3-16)34(24,25,26,27)28)19(18-13-30-11-8-14(18)12-29)20(33)31-15-6-9-21(22,23)10-7-15/h2-5,8,11,13,15,19H,6-7,9-10H2,1H3,(H,31,33). The zero-order chi connectivity index (χ0) is 25.4. The largest absolute Gasteiger partial charge is 0.359 e. The highest BCUT2D eigenvalue weighted by Gasteiger charge is 2.65. The summed E-state index contributed by atoms with van der Waals surface area (Å²) in [4.78, 5) is 16.2. The Morgan fingerprint density at radius 1 is 1.15 bits per heavy atom. The van der Waals surface area contributed by atoms with Gasteiger partial charge in [0.1, 0.15) is 10.9 Å². The van der Waals surface area contributed by atoms with E-state index >= 15 is 0 Å². The molecule has 1 aliphatic rings. The van der Waals surface area contributed by atoms with Crippen molar-refractivity contribution in [3.63, 3.8) is 0 Å². The van der Waals surface area contributed by atoms with Crippen LogP contribution in [0.15, 0.2) is 47.6 Å². The van der Waals surface area contributed by atoms with Crippen molar-refractivity contribution >= 4 is 21.8 Å². The lowest BCUT2D eigenvalue weighted by atomic mass is 9.91. The number of halogens is 7. The van der Waals surface area contributed by atoms with E-state index in [1.54, 1.807) is 0 Å². The Bertz CT molecular complexity index is 1110. The first-order chi connectivity index (χ1) is 15.5. The summed E-state index contributed by atoms with van der Waals surface area (Å²) in [6.07, 6.45) is 1.76. The molecule has 0 aliphatic heterocycles. The minimum absolute atomic E-state index is 0.0197. The Labute approximate surface area is 191 Å². The van der Waals surface area contributed by atoms with Crippen LogP contribution in [0.1, 0.15) is 42.9 Å². The zero-order valence-corrected chi connectivity index (χ0v) is 18.6. The van der Waals surface area contributed by atoms with E-state index in [2.05, 4.69) is 10.3 Å². The maximum absolute atomic E-state index is 13.5. The van der Waals surface area contributed by atoms with Crippen molar-refractivity contribution in [3.8, 4) is 6.07 Å². The van der Waals surface area contributed by atoms with Crippen LogP contribution in [0.25, 0.3) is 0 Å². The highest BCUT2D eigenvalue weighted by molar-refractivity contribution is 8.45. The van der Waals surface area contributed by atoms with Crippen LogP contribution in [0.3, 0.4) is 0 Å². The molecule has 1 unspecified atom stereocenters. The molecule has 2 aromatic rings. The molecule has 0 saturated heterocycles. The average molecular weight is 510 g/mol. The average Bonchev–Trinajstić information content (AvgIpc) is 2.74. The molecule has 0 spiro atoms. The van der Waals surface area contributed by atoms with Gasteiger partial charge in [-0.15, -0.1) is 0 Å². The highest BCUT2D eigenvalue weighted by atomic mass is 32.5. The van der Waals surface area contributed by atoms with E-state index in [0.29, 0.717) is 0 Å². The van der Waals surface area contributed by atoms with Crippen molar-refractivity contribution in [2.24, 2.45) is 0 Å². The summed E-state index contributed by atoms with van der Waals surface area (Å²) in [5, 5.41) is 12.1. The van der Waals surface area contributed by atoms with Gasteiger partial charge in [0.05, 0.1) is 11.6 Å². The molecular formula is C21H21F7N4OS. The third-order valence-corrected chi connectivity index (χ3v) is 6.82. The maximum atomic E-state index is 13.5. The molecule has 186 valence electrons. The zero-order valence-electron chi connectivity index (χ0n) is 17.8. The minimum Gasteiger partial charge on any atom is -0.359 e. The second-order valence-electron chi connectivity index (χ2n) is 8.19. The van der Waals surface area contributed by atoms with Gasteiger partial charge in [-0.1, -0.05) is 19.4 Å². The molecule has 34 heavy (non-hydrogen) atoms. The van der Waals surface area contributed by atoms with Gasteiger partial charge in [-0.2, -0.15) is 5.26 Å². The fourth-order valence-electron chi connectivity index (χ4n) is 3.80. The Kier molecular flexibility index (Phi) is 6.06. The lowest BCUT2D eigenvalue weighted by Gasteiger charge is -2.40. The molecule has 0 radical (unpaired) electrons. The van der Waals surface area contributed by atoms with Crippen molar-refractivity contribution in [2.75, 3.05) is 11.9 Å². The van der Waals surface area contributed by atoms with Crippen LogP contribution in [0, 0.1) is 11.3 Å². The van der Waals surface area contributed by atoms with Gasteiger partial charge in [-0.3, -0.25) is 9.78 Å². The van der Waals surface area contributed by atoms with Crippen LogP contribution < -0.4 is 10.2 Å². The second-order valence-corrected chi connectivity index (χ2v) is 10.6. The predicted octanol–water partition coefficient (Wildman–Crippen LogP) is 6.48. The molecule has 1 fully saturated rings. The molecule has 5 nitrogen and oxygen atoms in total. The number of nitrogens with one attached hydrogen (secondary N) is 1. The summed E-state index contributed by atoms with van der Waals surface area (Å²) in [5.41, 5.74) is 0.150. The van der Waals surface area contributed by atoms with E-state index in [4.69, 9.17) is 0 Å². The maximum Gasteiger partial charge on any atom is 0.310 e. The first kappa shape index (κ1) is 25.6. The van der Waals surface area contributed by atoms with Crippen molar-refractivity contribution < 1.29 is 33.0 Å². The van der Waals surface area contributed by atoms with Crippen molar-refractivity contribution in [1.29, 1.82) is 5.26 Å². The summed E-state index contributed by atoms with van der Waals surface area (Å²) in [6, 6.07) is 3.40. The summed E-state index contributed by atoms with van der Waals surface area (Å²) < 4.78 is 92.3. The number of carbonyl (C=O) groups excluding carboxylic acids is 1. The van der Waals surface area contributed by atoms with E-state index in [1.807, 2.05) is 6.07 Å². The first-order valence-electron chi connectivity index (χ1n) is 10.1. The summed E-state index contributed by atoms with van der Waals surface area (Å²) in [5.74, 6) is -3.52. The molecule has 1 saturated carbocycles. The van der Waals surface area contributed by atoms with Gasteiger partial charge in [-0.25, -0.2) is 8.78 Å². The molecule has 1 aromatic carbocycles. The molecule has 3 rings (SSSR count). The number of hydrogen-bond acceptors (Lipinski definition) is 4. The molecule has 0 bridgehead atoms. The number of carbonyl (C=O) groups is 1. The Morgan fingerprint density at radius 2 is 1.74 bits per heavy atom. The molecule has 1 amide bonds. The first-order valence-corrected chi connectivity index (χ1v) is 12.0. The molecule has 1 atom stereocenters. The molecule has 13 heteroatoms. The fourth-order valence-corrected chi connectivity index (χ4v) is 4.45. The lowest BCUT2D eigenvalue weighted by molar-refractivity contribution is -0.124. The highest BCUT2D eigenvalue weighted by Crippen LogP contribution is 3.02. The normalized spacial score (nSPS) is 19.3. The van der Waals surface area contributed by atoms with Crippen LogP contribution in [-0.2, 0) is 4.79 Å². The quantitative estimate of drug-likeness (QED) is 0.452. The third kappa shape index (κ3) is 5.91. The van der Waals surface area contributed by atoms with Gasteiger partial charge < -0.3 is 10.2 Å². The number of benzene rings is 1. The van der Waals surface area contributed by atoms with Gasteiger partial charge >= 0.3 is 10.2 Å². The smallest absolute Gasteiger partial charge is 0.310 e. The number of hydrogen-bond donors (Lipinski definition) is 1. The van der Waals surface area contributed by atoms with Crippen molar-refractivity contribution in [1.82, 2.24) is 10.3 Å².